The zero-order valence-corrected chi connectivity index (χ0v) is 11.0. The molecular formula is C13H27NO3. The quantitative estimate of drug-likeness (QED) is 0.635. The van der Waals surface area contributed by atoms with Gasteiger partial charge in [-0.15, -0.1) is 0 Å². The van der Waals surface area contributed by atoms with Crippen molar-refractivity contribution < 1.29 is 14.6 Å². The molecule has 0 amide bonds. The molecule has 2 atom stereocenters. The van der Waals surface area contributed by atoms with Crippen LogP contribution in [0.1, 0.15) is 45.4 Å². The molecule has 1 aliphatic rings. The predicted octanol–water partition coefficient (Wildman–Crippen LogP) is 1.45. The SMILES string of the molecule is CCC(O)(CN)CCCOCC1CCCCO1. The second kappa shape index (κ2) is 8.03. The fourth-order valence-corrected chi connectivity index (χ4v) is 2.08. The molecule has 0 bridgehead atoms. The molecule has 2 unspecified atom stereocenters. The van der Waals surface area contributed by atoms with Crippen molar-refractivity contribution in [2.24, 2.45) is 5.73 Å². The van der Waals surface area contributed by atoms with E-state index in [0.29, 0.717) is 32.6 Å². The predicted molar refractivity (Wildman–Crippen MR) is 67.9 cm³/mol. The molecule has 4 nitrogen and oxygen atoms in total. The van der Waals surface area contributed by atoms with E-state index in [1.807, 2.05) is 6.92 Å². The van der Waals surface area contributed by atoms with Crippen LogP contribution in [0.15, 0.2) is 0 Å². The Hall–Kier alpha value is -0.160. The summed E-state index contributed by atoms with van der Waals surface area (Å²) in [4.78, 5) is 0. The average Bonchev–Trinajstić information content (AvgIpc) is 2.39. The van der Waals surface area contributed by atoms with Gasteiger partial charge >= 0.3 is 0 Å². The summed E-state index contributed by atoms with van der Waals surface area (Å²) in [5.41, 5.74) is 4.83. The van der Waals surface area contributed by atoms with E-state index in [0.717, 1.165) is 19.4 Å². The zero-order valence-electron chi connectivity index (χ0n) is 11.0. The van der Waals surface area contributed by atoms with Crippen LogP contribution in [0.25, 0.3) is 0 Å². The lowest BCUT2D eigenvalue weighted by Crippen LogP contribution is -2.37. The van der Waals surface area contributed by atoms with E-state index in [4.69, 9.17) is 15.2 Å². The molecule has 1 heterocycles. The first-order chi connectivity index (χ1) is 8.20. The lowest BCUT2D eigenvalue weighted by atomic mass is 9.95. The first-order valence-corrected chi connectivity index (χ1v) is 6.82. The number of ether oxygens (including phenoxy) is 2. The summed E-state index contributed by atoms with van der Waals surface area (Å²) in [5.74, 6) is 0. The third kappa shape index (κ3) is 5.82. The standard InChI is InChI=1S/C13H27NO3/c1-2-13(15,11-14)7-5-8-16-10-12-6-3-4-9-17-12/h12,15H,2-11,14H2,1H3. The van der Waals surface area contributed by atoms with Crippen molar-refractivity contribution in [2.75, 3.05) is 26.4 Å². The second-order valence-electron chi connectivity index (χ2n) is 4.95. The number of nitrogens with two attached hydrogens (primary N) is 1. The molecule has 0 saturated carbocycles. The van der Waals surface area contributed by atoms with Crippen LogP contribution < -0.4 is 5.73 Å². The number of rotatable bonds is 8. The Kier molecular flexibility index (Phi) is 7.04. The molecule has 0 radical (unpaired) electrons. The van der Waals surface area contributed by atoms with E-state index in [1.165, 1.54) is 12.8 Å². The zero-order chi connectivity index (χ0) is 12.6. The van der Waals surface area contributed by atoms with Gasteiger partial charge in [-0.05, 0) is 38.5 Å². The molecule has 3 N–H and O–H groups in total. The van der Waals surface area contributed by atoms with Crippen LogP contribution in [0.3, 0.4) is 0 Å². The van der Waals surface area contributed by atoms with Gasteiger partial charge in [-0.2, -0.15) is 0 Å². The number of aliphatic hydroxyl groups is 1. The van der Waals surface area contributed by atoms with E-state index in [9.17, 15) is 5.11 Å². The van der Waals surface area contributed by atoms with Gasteiger partial charge in [0.25, 0.3) is 0 Å². The average molecular weight is 245 g/mol. The summed E-state index contributed by atoms with van der Waals surface area (Å²) in [7, 11) is 0. The summed E-state index contributed by atoms with van der Waals surface area (Å²) >= 11 is 0. The van der Waals surface area contributed by atoms with Gasteiger partial charge in [0.15, 0.2) is 0 Å². The first kappa shape index (κ1) is 14.9. The van der Waals surface area contributed by atoms with Gasteiger partial charge in [0.05, 0.1) is 18.3 Å². The molecule has 102 valence electrons. The Morgan fingerprint density at radius 3 is 2.88 bits per heavy atom. The number of hydrogen-bond acceptors (Lipinski definition) is 4. The van der Waals surface area contributed by atoms with Gasteiger partial charge in [-0.25, -0.2) is 0 Å². The van der Waals surface area contributed by atoms with Crippen molar-refractivity contribution in [1.82, 2.24) is 0 Å². The van der Waals surface area contributed by atoms with Gasteiger partial charge in [-0.1, -0.05) is 6.92 Å². The van der Waals surface area contributed by atoms with Gasteiger partial charge in [0.1, 0.15) is 0 Å². The molecule has 1 aliphatic heterocycles. The molecule has 4 heteroatoms. The van der Waals surface area contributed by atoms with Crippen LogP contribution in [0.2, 0.25) is 0 Å². The molecule has 17 heavy (non-hydrogen) atoms. The maximum absolute atomic E-state index is 9.97. The largest absolute Gasteiger partial charge is 0.389 e. The highest BCUT2D eigenvalue weighted by molar-refractivity contribution is 4.77. The molecule has 0 aromatic rings. The minimum Gasteiger partial charge on any atom is -0.389 e. The molecule has 1 saturated heterocycles. The van der Waals surface area contributed by atoms with Crippen molar-refractivity contribution in [2.45, 2.75) is 57.2 Å². The summed E-state index contributed by atoms with van der Waals surface area (Å²) in [6, 6.07) is 0. The van der Waals surface area contributed by atoms with E-state index in [2.05, 4.69) is 0 Å². The highest BCUT2D eigenvalue weighted by atomic mass is 16.5. The van der Waals surface area contributed by atoms with Crippen molar-refractivity contribution in [1.29, 1.82) is 0 Å². The topological polar surface area (TPSA) is 64.7 Å². The summed E-state index contributed by atoms with van der Waals surface area (Å²) in [6.07, 6.45) is 6.09. The lowest BCUT2D eigenvalue weighted by molar-refractivity contribution is -0.0446. The first-order valence-electron chi connectivity index (χ1n) is 6.82. The third-order valence-corrected chi connectivity index (χ3v) is 3.55. The molecule has 0 aliphatic carbocycles. The van der Waals surface area contributed by atoms with E-state index < -0.39 is 5.60 Å². The Balaban J connectivity index is 2.00. The van der Waals surface area contributed by atoms with Crippen LogP contribution in [0, 0.1) is 0 Å². The van der Waals surface area contributed by atoms with Crippen LogP contribution >= 0.6 is 0 Å². The molecule has 1 fully saturated rings. The summed E-state index contributed by atoms with van der Waals surface area (Å²) < 4.78 is 11.2. The van der Waals surface area contributed by atoms with Gasteiger partial charge in [0, 0.05) is 19.8 Å². The molecule has 0 aromatic carbocycles. The van der Waals surface area contributed by atoms with Crippen molar-refractivity contribution in [3.63, 3.8) is 0 Å². The van der Waals surface area contributed by atoms with Gasteiger partial charge in [-0.3, -0.25) is 0 Å². The summed E-state index contributed by atoms with van der Waals surface area (Å²) in [6.45, 7) is 4.53. The fourth-order valence-electron chi connectivity index (χ4n) is 2.08. The van der Waals surface area contributed by atoms with Crippen LogP contribution in [-0.4, -0.2) is 43.2 Å². The maximum Gasteiger partial charge on any atom is 0.0808 e. The highest BCUT2D eigenvalue weighted by Gasteiger charge is 2.21. The maximum atomic E-state index is 9.97. The normalized spacial score (nSPS) is 24.5. The summed E-state index contributed by atoms with van der Waals surface area (Å²) in [5, 5.41) is 9.97. The van der Waals surface area contributed by atoms with Crippen molar-refractivity contribution in [3.8, 4) is 0 Å². The van der Waals surface area contributed by atoms with Gasteiger partial charge in [0.2, 0.25) is 0 Å². The monoisotopic (exact) mass is 245 g/mol. The Morgan fingerprint density at radius 2 is 2.29 bits per heavy atom. The minimum absolute atomic E-state index is 0.281. The van der Waals surface area contributed by atoms with Crippen molar-refractivity contribution in [3.05, 3.63) is 0 Å². The fraction of sp³-hybridized carbons (Fsp3) is 1.00. The van der Waals surface area contributed by atoms with E-state index >= 15 is 0 Å². The van der Waals surface area contributed by atoms with E-state index in [-0.39, 0.29) is 6.10 Å². The molecule has 1 rings (SSSR count). The minimum atomic E-state index is -0.704. The Labute approximate surface area is 104 Å². The smallest absolute Gasteiger partial charge is 0.0808 e. The van der Waals surface area contributed by atoms with Crippen LogP contribution in [0.4, 0.5) is 0 Å². The molecule has 0 aromatic heterocycles. The van der Waals surface area contributed by atoms with E-state index in [1.54, 1.807) is 0 Å². The lowest BCUT2D eigenvalue weighted by Gasteiger charge is -2.25. The van der Waals surface area contributed by atoms with Crippen LogP contribution in [-0.2, 0) is 9.47 Å². The second-order valence-corrected chi connectivity index (χ2v) is 4.95. The third-order valence-electron chi connectivity index (χ3n) is 3.55. The van der Waals surface area contributed by atoms with Crippen molar-refractivity contribution >= 4 is 0 Å². The molecular weight excluding hydrogens is 218 g/mol. The van der Waals surface area contributed by atoms with Gasteiger partial charge < -0.3 is 20.3 Å². The Bertz CT molecular complexity index is 189. The Morgan fingerprint density at radius 1 is 1.47 bits per heavy atom. The highest BCUT2D eigenvalue weighted by Crippen LogP contribution is 2.16. The number of hydrogen-bond donors (Lipinski definition) is 2. The molecule has 0 spiro atoms. The van der Waals surface area contributed by atoms with Crippen LogP contribution in [0.5, 0.6) is 0 Å².